The van der Waals surface area contributed by atoms with Crippen molar-refractivity contribution in [3.05, 3.63) is 119 Å². The van der Waals surface area contributed by atoms with Crippen LogP contribution in [0.3, 0.4) is 0 Å². The highest BCUT2D eigenvalue weighted by molar-refractivity contribution is 8.03. The number of aromatic carboxylic acids is 4. The van der Waals surface area contributed by atoms with Gasteiger partial charge in [-0.15, -0.1) is 0 Å². The summed E-state index contributed by atoms with van der Waals surface area (Å²) >= 11 is 3.24. The highest BCUT2D eigenvalue weighted by atomic mass is 32.2. The fourth-order valence-corrected chi connectivity index (χ4v) is 9.09. The Morgan fingerprint density at radius 3 is 0.729 bits per heavy atom. The van der Waals surface area contributed by atoms with Crippen LogP contribution in [-0.4, -0.2) is 54.5 Å². The quantitative estimate of drug-likeness (QED) is 0.0673. The molecule has 6 N–H and O–H groups in total. The average Bonchev–Trinajstić information content (AvgIpc) is 3.07. The summed E-state index contributed by atoms with van der Waals surface area (Å²) in [6.07, 6.45) is 0. The molecule has 0 aliphatic heterocycles. The van der Waals surface area contributed by atoms with Crippen molar-refractivity contribution in [1.29, 1.82) is 0 Å². The van der Waals surface area contributed by atoms with Gasteiger partial charge in [0.2, 0.25) is 0 Å². The van der Waals surface area contributed by atoms with Crippen LogP contribution in [0.15, 0.2) is 136 Å². The van der Waals surface area contributed by atoms with E-state index in [1.165, 1.54) is 72.8 Å². The second-order valence-corrected chi connectivity index (χ2v) is 13.8. The fourth-order valence-electron chi connectivity index (χ4n) is 4.38. The van der Waals surface area contributed by atoms with Crippen molar-refractivity contribution in [2.45, 2.75) is 39.2 Å². The van der Waals surface area contributed by atoms with Gasteiger partial charge in [0.25, 0.3) is 0 Å². The zero-order valence-electron chi connectivity index (χ0n) is 24.2. The van der Waals surface area contributed by atoms with E-state index < -0.39 is 35.4 Å². The SMILES string of the molecule is O=C(O)c1ccccc1Sc1c(O)c(Sc2ccccc2C(=O)O)c(Sc2ccccc2C(=O)O)c(O)c1Sc1ccccc1C(=O)O. The summed E-state index contributed by atoms with van der Waals surface area (Å²) in [6, 6.07) is 23.9. The fraction of sp³-hybridized carbons (Fsp3) is 0. The van der Waals surface area contributed by atoms with Crippen LogP contribution in [-0.2, 0) is 0 Å². The summed E-state index contributed by atoms with van der Waals surface area (Å²) < 4.78 is 0. The lowest BCUT2D eigenvalue weighted by Crippen LogP contribution is -2.01. The minimum Gasteiger partial charge on any atom is -0.505 e. The molecule has 5 aromatic carbocycles. The van der Waals surface area contributed by atoms with E-state index in [4.69, 9.17) is 0 Å². The van der Waals surface area contributed by atoms with Gasteiger partial charge in [-0.1, -0.05) is 95.6 Å². The third-order valence-electron chi connectivity index (χ3n) is 6.59. The van der Waals surface area contributed by atoms with E-state index in [1.54, 1.807) is 24.3 Å². The standard InChI is InChI=1S/C34H22O10S4/c35-25-27(45-21-13-5-1-9-17(21)31(37)38)28(46-22-14-6-2-10-18(22)32(39)40)26(36)30(48-24-16-8-4-12-20(24)34(43)44)29(25)47-23-15-7-3-11-19(23)33(41)42/h1-16,35-36H,(H,37,38)(H,39,40)(H,41,42)(H,43,44). The van der Waals surface area contributed by atoms with Crippen molar-refractivity contribution in [2.24, 2.45) is 0 Å². The van der Waals surface area contributed by atoms with Gasteiger partial charge in [0.1, 0.15) is 11.5 Å². The van der Waals surface area contributed by atoms with Crippen molar-refractivity contribution in [3.63, 3.8) is 0 Å². The highest BCUT2D eigenvalue weighted by Crippen LogP contribution is 2.59. The lowest BCUT2D eigenvalue weighted by Gasteiger charge is -2.21. The number of carboxylic acid groups (broad SMARTS) is 4. The zero-order chi connectivity index (χ0) is 34.5. The van der Waals surface area contributed by atoms with Crippen molar-refractivity contribution < 1.29 is 49.8 Å². The molecule has 0 bridgehead atoms. The second kappa shape index (κ2) is 14.8. The van der Waals surface area contributed by atoms with Gasteiger partial charge in [-0.2, -0.15) is 0 Å². The molecule has 0 spiro atoms. The summed E-state index contributed by atoms with van der Waals surface area (Å²) in [5.74, 6) is -5.98. The Balaban J connectivity index is 1.83. The number of carbonyl (C=O) groups is 4. The molecule has 0 aliphatic carbocycles. The summed E-state index contributed by atoms with van der Waals surface area (Å²) in [4.78, 5) is 49.0. The molecule has 14 heteroatoms. The molecule has 5 aromatic rings. The molecule has 10 nitrogen and oxygen atoms in total. The molecular formula is C34H22O10S4. The Bertz CT molecular complexity index is 1800. The van der Waals surface area contributed by atoms with Gasteiger partial charge in [0, 0.05) is 19.6 Å². The molecule has 0 amide bonds. The first-order valence-corrected chi connectivity index (χ1v) is 16.9. The average molecular weight is 719 g/mol. The molecule has 0 aliphatic rings. The van der Waals surface area contributed by atoms with Gasteiger partial charge in [-0.25, -0.2) is 19.2 Å². The van der Waals surface area contributed by atoms with E-state index in [1.807, 2.05) is 0 Å². The number of rotatable bonds is 12. The first-order valence-electron chi connectivity index (χ1n) is 13.6. The van der Waals surface area contributed by atoms with Crippen molar-refractivity contribution in [2.75, 3.05) is 0 Å². The molecule has 0 saturated carbocycles. The number of benzene rings is 5. The molecule has 0 heterocycles. The lowest BCUT2D eigenvalue weighted by molar-refractivity contribution is 0.0682. The maximum absolute atomic E-state index is 12.1. The van der Waals surface area contributed by atoms with E-state index in [2.05, 4.69) is 0 Å². The smallest absolute Gasteiger partial charge is 0.336 e. The Morgan fingerprint density at radius 2 is 0.542 bits per heavy atom. The summed E-state index contributed by atoms with van der Waals surface area (Å²) in [6.45, 7) is 0. The van der Waals surface area contributed by atoms with Crippen LogP contribution in [0.1, 0.15) is 41.4 Å². The molecule has 0 saturated heterocycles. The van der Waals surface area contributed by atoms with Crippen molar-refractivity contribution in [1.82, 2.24) is 0 Å². The summed E-state index contributed by atoms with van der Waals surface area (Å²) in [5, 5.41) is 63.6. The van der Waals surface area contributed by atoms with Crippen LogP contribution in [0.4, 0.5) is 0 Å². The normalized spacial score (nSPS) is 10.8. The van der Waals surface area contributed by atoms with E-state index >= 15 is 0 Å². The van der Waals surface area contributed by atoms with Crippen molar-refractivity contribution >= 4 is 70.9 Å². The maximum Gasteiger partial charge on any atom is 0.336 e. The predicted molar refractivity (Wildman–Crippen MR) is 180 cm³/mol. The van der Waals surface area contributed by atoms with Crippen LogP contribution in [0.2, 0.25) is 0 Å². The highest BCUT2D eigenvalue weighted by Gasteiger charge is 2.30. The van der Waals surface area contributed by atoms with Gasteiger partial charge < -0.3 is 30.6 Å². The van der Waals surface area contributed by atoms with E-state index in [0.29, 0.717) is 0 Å². The third kappa shape index (κ3) is 7.26. The topological polar surface area (TPSA) is 190 Å². The number of aromatic hydroxyl groups is 2. The molecule has 0 aromatic heterocycles. The molecular weight excluding hydrogens is 697 g/mol. The first kappa shape index (κ1) is 34.3. The monoisotopic (exact) mass is 718 g/mol. The molecule has 5 rings (SSSR count). The first-order chi connectivity index (χ1) is 23.0. The van der Waals surface area contributed by atoms with Gasteiger partial charge >= 0.3 is 23.9 Å². The van der Waals surface area contributed by atoms with Crippen LogP contribution < -0.4 is 0 Å². The summed E-state index contributed by atoms with van der Waals surface area (Å²) in [7, 11) is 0. The van der Waals surface area contributed by atoms with Crippen LogP contribution in [0, 0.1) is 0 Å². The number of hydrogen-bond acceptors (Lipinski definition) is 10. The van der Waals surface area contributed by atoms with E-state index in [9.17, 15) is 49.8 Å². The lowest BCUT2D eigenvalue weighted by atomic mass is 10.2. The van der Waals surface area contributed by atoms with E-state index in [0.717, 1.165) is 47.0 Å². The number of phenols is 2. The third-order valence-corrected chi connectivity index (χ3v) is 11.6. The summed E-state index contributed by atoms with van der Waals surface area (Å²) in [5.41, 5.74) is -0.435. The zero-order valence-corrected chi connectivity index (χ0v) is 27.5. The Hall–Kier alpha value is -5.02. The van der Waals surface area contributed by atoms with Gasteiger partial charge in [0.05, 0.1) is 41.8 Å². The number of hydrogen-bond donors (Lipinski definition) is 6. The Kier molecular flexibility index (Phi) is 10.6. The number of carboxylic acids is 4. The number of phenolic OH excluding ortho intramolecular Hbond substituents is 2. The molecule has 0 fully saturated rings. The molecule has 242 valence electrons. The van der Waals surface area contributed by atoms with Gasteiger partial charge in [0.15, 0.2) is 0 Å². The Labute approximate surface area is 289 Å². The maximum atomic E-state index is 12.1. The molecule has 0 radical (unpaired) electrons. The van der Waals surface area contributed by atoms with Crippen molar-refractivity contribution in [3.8, 4) is 11.5 Å². The second-order valence-electron chi connectivity index (χ2n) is 9.63. The van der Waals surface area contributed by atoms with Crippen LogP contribution >= 0.6 is 47.0 Å². The van der Waals surface area contributed by atoms with E-state index in [-0.39, 0.29) is 61.4 Å². The largest absolute Gasteiger partial charge is 0.505 e. The van der Waals surface area contributed by atoms with Gasteiger partial charge in [-0.05, 0) is 48.5 Å². The molecule has 48 heavy (non-hydrogen) atoms. The predicted octanol–water partition coefficient (Wildman–Crippen LogP) is 8.50. The molecule has 0 atom stereocenters. The molecule has 0 unspecified atom stereocenters. The van der Waals surface area contributed by atoms with Crippen LogP contribution in [0.5, 0.6) is 11.5 Å². The minimum atomic E-state index is -1.25. The Morgan fingerprint density at radius 1 is 0.354 bits per heavy atom. The van der Waals surface area contributed by atoms with Crippen LogP contribution in [0.25, 0.3) is 0 Å². The minimum absolute atomic E-state index is 0.0439. The van der Waals surface area contributed by atoms with Gasteiger partial charge in [-0.3, -0.25) is 0 Å².